The van der Waals surface area contributed by atoms with Crippen LogP contribution >= 0.6 is 0 Å². The summed E-state index contributed by atoms with van der Waals surface area (Å²) in [6.07, 6.45) is -3.32. The first-order valence-corrected chi connectivity index (χ1v) is 14.1. The molecule has 7 aromatic rings. The molecule has 46 heavy (non-hydrogen) atoms. The number of hydrogen-bond acceptors (Lipinski definition) is 3. The Morgan fingerprint density at radius 2 is 1.41 bits per heavy atom. The molecule has 0 fully saturated rings. The molecule has 3 aromatic heterocycles. The Labute approximate surface area is 257 Å². The summed E-state index contributed by atoms with van der Waals surface area (Å²) in [5.74, 6) is -2.75. The molecule has 230 valence electrons. The number of alkyl halides is 3. The smallest absolute Gasteiger partial charge is 0.435 e. The average molecular weight is 629 g/mol. The lowest BCUT2D eigenvalue weighted by atomic mass is 10.0. The maximum atomic E-state index is 14.7. The summed E-state index contributed by atoms with van der Waals surface area (Å²) in [6, 6.07) is 24.2. The zero-order valence-corrected chi connectivity index (χ0v) is 24.2. The Hall–Kier alpha value is -5.58. The molecule has 0 aliphatic heterocycles. The highest BCUT2D eigenvalue weighted by Gasteiger charge is 2.40. The maximum absolute atomic E-state index is 14.7. The van der Waals surface area contributed by atoms with E-state index >= 15 is 0 Å². The standard InChI is InChI=1S/C35H22F6N4O/c1-19-12-13-42-31(14-19)44-29-9-4-3-8-25(29)26-11-10-24(18-30(26)44)46-23-7-5-6-22(17-23)45-20(2)32(34(43-45)35(39,40)41)33-27(37)15-21(36)16-28(33)38/h3-18H,1-2H3. The number of nitrogens with zero attached hydrogens (tertiary/aromatic N) is 4. The number of hydrogen-bond donors (Lipinski definition) is 0. The van der Waals surface area contributed by atoms with Crippen molar-refractivity contribution in [3.05, 3.63) is 132 Å². The lowest BCUT2D eigenvalue weighted by Crippen LogP contribution is -2.09. The van der Waals surface area contributed by atoms with Gasteiger partial charge in [0.1, 0.15) is 34.8 Å². The van der Waals surface area contributed by atoms with Crippen molar-refractivity contribution in [2.45, 2.75) is 20.0 Å². The van der Waals surface area contributed by atoms with Gasteiger partial charge < -0.3 is 4.74 Å². The number of fused-ring (bicyclic) bond motifs is 3. The minimum atomic E-state index is -5.06. The zero-order valence-electron chi connectivity index (χ0n) is 24.2. The van der Waals surface area contributed by atoms with Gasteiger partial charge in [0.25, 0.3) is 0 Å². The second kappa shape index (κ2) is 10.8. The van der Waals surface area contributed by atoms with Gasteiger partial charge >= 0.3 is 6.18 Å². The van der Waals surface area contributed by atoms with Gasteiger partial charge in [-0.1, -0.05) is 24.3 Å². The van der Waals surface area contributed by atoms with E-state index in [-0.39, 0.29) is 17.1 Å². The van der Waals surface area contributed by atoms with Crippen LogP contribution in [-0.4, -0.2) is 19.3 Å². The molecule has 3 heterocycles. The molecule has 7 rings (SSSR count). The van der Waals surface area contributed by atoms with Crippen molar-refractivity contribution in [2.24, 2.45) is 0 Å². The molecule has 0 aliphatic rings. The van der Waals surface area contributed by atoms with Crippen LogP contribution in [0.4, 0.5) is 26.3 Å². The summed E-state index contributed by atoms with van der Waals surface area (Å²) in [6.45, 7) is 3.23. The minimum absolute atomic E-state index is 0.147. The first-order valence-electron chi connectivity index (χ1n) is 14.1. The van der Waals surface area contributed by atoms with Crippen molar-refractivity contribution in [3.8, 4) is 34.1 Å². The number of aromatic nitrogens is 4. The summed E-state index contributed by atoms with van der Waals surface area (Å²) in [4.78, 5) is 4.58. The molecule has 0 aliphatic carbocycles. The second-order valence-electron chi connectivity index (χ2n) is 10.8. The van der Waals surface area contributed by atoms with Crippen LogP contribution < -0.4 is 4.74 Å². The van der Waals surface area contributed by atoms with E-state index in [2.05, 4.69) is 10.1 Å². The largest absolute Gasteiger partial charge is 0.457 e. The van der Waals surface area contributed by atoms with E-state index in [1.807, 2.05) is 60.0 Å². The molecule has 0 unspecified atom stereocenters. The fourth-order valence-corrected chi connectivity index (χ4v) is 5.75. The number of halogens is 6. The van der Waals surface area contributed by atoms with E-state index in [0.29, 0.717) is 17.9 Å². The van der Waals surface area contributed by atoms with Gasteiger partial charge in [0.15, 0.2) is 5.69 Å². The van der Waals surface area contributed by atoms with Crippen molar-refractivity contribution >= 4 is 21.8 Å². The Morgan fingerprint density at radius 1 is 0.696 bits per heavy atom. The van der Waals surface area contributed by atoms with Crippen molar-refractivity contribution in [1.82, 2.24) is 19.3 Å². The molecule has 0 N–H and O–H groups in total. The van der Waals surface area contributed by atoms with Crippen LogP contribution in [0.3, 0.4) is 0 Å². The number of pyridine rings is 1. The Morgan fingerprint density at radius 3 is 2.15 bits per heavy atom. The molecular weight excluding hydrogens is 606 g/mol. The first-order chi connectivity index (χ1) is 22.0. The molecule has 0 saturated carbocycles. The quantitative estimate of drug-likeness (QED) is 0.178. The summed E-state index contributed by atoms with van der Waals surface area (Å²) >= 11 is 0. The van der Waals surface area contributed by atoms with Gasteiger partial charge in [-0.15, -0.1) is 0 Å². The summed E-state index contributed by atoms with van der Waals surface area (Å²) in [5.41, 5.74) is -0.583. The Balaban J connectivity index is 1.32. The van der Waals surface area contributed by atoms with Crippen LogP contribution in [0, 0.1) is 31.3 Å². The van der Waals surface area contributed by atoms with E-state index in [1.54, 1.807) is 24.4 Å². The molecule has 11 heteroatoms. The van der Waals surface area contributed by atoms with E-state index in [0.717, 1.165) is 37.9 Å². The van der Waals surface area contributed by atoms with Gasteiger partial charge in [-0.05, 0) is 61.9 Å². The third-order valence-electron chi connectivity index (χ3n) is 7.71. The predicted molar refractivity (Wildman–Crippen MR) is 162 cm³/mol. The third-order valence-corrected chi connectivity index (χ3v) is 7.71. The first kappa shape index (κ1) is 29.1. The van der Waals surface area contributed by atoms with Crippen LogP contribution in [0.1, 0.15) is 17.0 Å². The fraction of sp³-hybridized carbons (Fsp3) is 0.0857. The van der Waals surface area contributed by atoms with Crippen molar-refractivity contribution in [1.29, 1.82) is 0 Å². The molecule has 4 aromatic carbocycles. The highest BCUT2D eigenvalue weighted by atomic mass is 19.4. The highest BCUT2D eigenvalue weighted by Crippen LogP contribution is 2.42. The lowest BCUT2D eigenvalue weighted by molar-refractivity contribution is -0.140. The van der Waals surface area contributed by atoms with Gasteiger partial charge in [0.2, 0.25) is 0 Å². The van der Waals surface area contributed by atoms with Gasteiger partial charge in [0.05, 0.1) is 22.3 Å². The molecule has 0 saturated heterocycles. The van der Waals surface area contributed by atoms with Crippen LogP contribution in [-0.2, 0) is 6.18 Å². The Kier molecular flexibility index (Phi) is 6.84. The number of benzene rings is 4. The monoisotopic (exact) mass is 628 g/mol. The van der Waals surface area contributed by atoms with Crippen LogP contribution in [0.2, 0.25) is 0 Å². The van der Waals surface area contributed by atoms with Crippen molar-refractivity contribution in [3.63, 3.8) is 0 Å². The molecule has 0 spiro atoms. The summed E-state index contributed by atoms with van der Waals surface area (Å²) in [7, 11) is 0. The van der Waals surface area contributed by atoms with Gasteiger partial charge in [-0.25, -0.2) is 22.8 Å². The van der Waals surface area contributed by atoms with E-state index in [9.17, 15) is 26.3 Å². The van der Waals surface area contributed by atoms with Gasteiger partial charge in [-0.2, -0.15) is 18.3 Å². The summed E-state index contributed by atoms with van der Waals surface area (Å²) < 4.78 is 94.4. The molecule has 5 nitrogen and oxygen atoms in total. The number of para-hydroxylation sites is 1. The predicted octanol–water partition coefficient (Wildman–Crippen LogP) is 9.88. The van der Waals surface area contributed by atoms with E-state index < -0.39 is 40.4 Å². The highest BCUT2D eigenvalue weighted by molar-refractivity contribution is 6.09. The maximum Gasteiger partial charge on any atom is 0.435 e. The average Bonchev–Trinajstić information content (AvgIpc) is 3.52. The molecule has 0 atom stereocenters. The fourth-order valence-electron chi connectivity index (χ4n) is 5.75. The van der Waals surface area contributed by atoms with Crippen LogP contribution in [0.5, 0.6) is 11.5 Å². The molecule has 0 radical (unpaired) electrons. The minimum Gasteiger partial charge on any atom is -0.457 e. The van der Waals surface area contributed by atoms with Crippen LogP contribution in [0.25, 0.3) is 44.4 Å². The normalized spacial score (nSPS) is 11.9. The third kappa shape index (κ3) is 4.93. The summed E-state index contributed by atoms with van der Waals surface area (Å²) in [5, 5.41) is 5.69. The SMILES string of the molecule is Cc1ccnc(-n2c3ccccc3c3ccc(Oc4cccc(-n5nc(C(F)(F)F)c(-c6c(F)cc(F)cc6F)c5C)c4)cc32)c1. The van der Waals surface area contributed by atoms with E-state index in [1.165, 1.54) is 19.1 Å². The number of rotatable bonds is 5. The number of aryl methyl sites for hydroxylation is 1. The topological polar surface area (TPSA) is 44.9 Å². The molecule has 0 bridgehead atoms. The second-order valence-corrected chi connectivity index (χ2v) is 10.8. The Bertz CT molecular complexity index is 2280. The lowest BCUT2D eigenvalue weighted by Gasteiger charge is -2.11. The molecule has 0 amide bonds. The van der Waals surface area contributed by atoms with E-state index in [4.69, 9.17) is 4.74 Å². The molecular formula is C35H22F6N4O. The van der Waals surface area contributed by atoms with Gasteiger partial charge in [-0.3, -0.25) is 4.57 Å². The zero-order chi connectivity index (χ0) is 32.3. The van der Waals surface area contributed by atoms with Gasteiger partial charge in [0, 0.05) is 52.5 Å². The number of ether oxygens (including phenoxy) is 1. The van der Waals surface area contributed by atoms with Crippen molar-refractivity contribution in [2.75, 3.05) is 0 Å². The van der Waals surface area contributed by atoms with Crippen molar-refractivity contribution < 1.29 is 31.1 Å². The van der Waals surface area contributed by atoms with Crippen LogP contribution in [0.15, 0.2) is 97.2 Å².